The summed E-state index contributed by atoms with van der Waals surface area (Å²) in [7, 11) is 2.75. The lowest BCUT2D eigenvalue weighted by atomic mass is 9.70. The van der Waals surface area contributed by atoms with Crippen LogP contribution in [0.25, 0.3) is 0 Å². The highest BCUT2D eigenvalue weighted by molar-refractivity contribution is 6.24. The minimum Gasteiger partial charge on any atom is -0.493 e. The van der Waals surface area contributed by atoms with Crippen LogP contribution in [0.2, 0.25) is 0 Å². The topological polar surface area (TPSA) is 65.1 Å². The molecule has 4 rings (SSSR count). The van der Waals surface area contributed by atoms with E-state index >= 15 is 4.39 Å². The van der Waals surface area contributed by atoms with E-state index in [1.807, 2.05) is 25.1 Å². The molecule has 182 valence electrons. The standard InChI is InChI=1S/C28H28FNO5/c1-17-12-13-22-20(14-17)28(18-10-8-7-9-11-18,25(31)30(22)26(32)35-27(2,3)4)19-15-21(29)24(34-6)23(16-19)33-5/h7-16H,1-6H3. The van der Waals surface area contributed by atoms with Crippen molar-refractivity contribution in [2.24, 2.45) is 0 Å². The summed E-state index contributed by atoms with van der Waals surface area (Å²) in [5, 5.41) is 0. The van der Waals surface area contributed by atoms with Gasteiger partial charge in [-0.2, -0.15) is 0 Å². The van der Waals surface area contributed by atoms with E-state index < -0.39 is 28.8 Å². The van der Waals surface area contributed by atoms with Crippen molar-refractivity contribution in [1.82, 2.24) is 0 Å². The molecule has 0 aliphatic carbocycles. The molecule has 3 aromatic carbocycles. The van der Waals surface area contributed by atoms with E-state index in [0.717, 1.165) is 10.5 Å². The molecule has 0 aromatic heterocycles. The highest BCUT2D eigenvalue weighted by Crippen LogP contribution is 2.52. The number of halogens is 1. The Hall–Kier alpha value is -3.87. The summed E-state index contributed by atoms with van der Waals surface area (Å²) in [6.45, 7) is 7.09. The molecule has 7 heteroatoms. The third-order valence-corrected chi connectivity index (χ3v) is 5.97. The van der Waals surface area contributed by atoms with Crippen molar-refractivity contribution in [3.05, 3.63) is 88.7 Å². The van der Waals surface area contributed by atoms with E-state index in [1.54, 1.807) is 57.2 Å². The molecule has 2 amide bonds. The van der Waals surface area contributed by atoms with Gasteiger partial charge >= 0.3 is 6.09 Å². The van der Waals surface area contributed by atoms with Gasteiger partial charge in [0.15, 0.2) is 17.3 Å². The summed E-state index contributed by atoms with van der Waals surface area (Å²) in [4.78, 5) is 28.8. The lowest BCUT2D eigenvalue weighted by Crippen LogP contribution is -2.46. The third-order valence-electron chi connectivity index (χ3n) is 5.97. The molecule has 1 aliphatic rings. The fourth-order valence-corrected chi connectivity index (χ4v) is 4.57. The molecule has 0 saturated carbocycles. The number of methoxy groups -OCH3 is 2. The summed E-state index contributed by atoms with van der Waals surface area (Å²) in [6.07, 6.45) is -0.800. The predicted molar refractivity (Wildman–Crippen MR) is 131 cm³/mol. The van der Waals surface area contributed by atoms with E-state index in [2.05, 4.69) is 0 Å². The molecular formula is C28H28FNO5. The van der Waals surface area contributed by atoms with Crippen molar-refractivity contribution < 1.29 is 28.2 Å². The lowest BCUT2D eigenvalue weighted by Gasteiger charge is -2.31. The van der Waals surface area contributed by atoms with Crippen molar-refractivity contribution in [2.75, 3.05) is 19.1 Å². The van der Waals surface area contributed by atoms with E-state index in [1.165, 1.54) is 20.3 Å². The monoisotopic (exact) mass is 477 g/mol. The van der Waals surface area contributed by atoms with Gasteiger partial charge in [-0.25, -0.2) is 14.1 Å². The number of carbonyl (C=O) groups excluding carboxylic acids is 2. The summed E-state index contributed by atoms with van der Waals surface area (Å²) in [6, 6.07) is 17.2. The SMILES string of the molecule is COc1cc(C2(c3ccccc3)C(=O)N(C(=O)OC(C)(C)C)c3ccc(C)cc32)cc(F)c1OC. The molecule has 1 aliphatic heterocycles. The third kappa shape index (κ3) is 3.91. The molecule has 0 saturated heterocycles. The molecule has 35 heavy (non-hydrogen) atoms. The number of carbonyl (C=O) groups is 2. The second-order valence-electron chi connectivity index (χ2n) is 9.45. The average Bonchev–Trinajstić information content (AvgIpc) is 3.06. The Morgan fingerprint density at radius 3 is 2.23 bits per heavy atom. The van der Waals surface area contributed by atoms with Gasteiger partial charge in [0.1, 0.15) is 11.0 Å². The van der Waals surface area contributed by atoms with Gasteiger partial charge in [-0.15, -0.1) is 0 Å². The molecule has 1 heterocycles. The zero-order valence-corrected chi connectivity index (χ0v) is 20.6. The molecule has 0 bridgehead atoms. The maximum Gasteiger partial charge on any atom is 0.421 e. The lowest BCUT2D eigenvalue weighted by molar-refractivity contribution is -0.120. The molecule has 0 fully saturated rings. The number of anilines is 1. The summed E-state index contributed by atoms with van der Waals surface area (Å²) in [5.74, 6) is -1.19. The Morgan fingerprint density at radius 2 is 1.63 bits per heavy atom. The fourth-order valence-electron chi connectivity index (χ4n) is 4.57. The average molecular weight is 478 g/mol. The second-order valence-corrected chi connectivity index (χ2v) is 9.45. The van der Waals surface area contributed by atoms with Crippen LogP contribution in [0.5, 0.6) is 11.5 Å². The van der Waals surface area contributed by atoms with Crippen molar-refractivity contribution in [3.63, 3.8) is 0 Å². The smallest absolute Gasteiger partial charge is 0.421 e. The molecule has 0 spiro atoms. The van der Waals surface area contributed by atoms with E-state index in [4.69, 9.17) is 14.2 Å². The molecular weight excluding hydrogens is 449 g/mol. The fraction of sp³-hybridized carbons (Fsp3) is 0.286. The first-order valence-corrected chi connectivity index (χ1v) is 11.2. The van der Waals surface area contributed by atoms with Crippen LogP contribution in [-0.4, -0.2) is 31.8 Å². The Morgan fingerprint density at radius 1 is 0.943 bits per heavy atom. The van der Waals surface area contributed by atoms with Crippen molar-refractivity contribution in [2.45, 2.75) is 38.7 Å². The molecule has 6 nitrogen and oxygen atoms in total. The Balaban J connectivity index is 2.09. The number of aryl methyl sites for hydroxylation is 1. The van der Waals surface area contributed by atoms with E-state index in [-0.39, 0.29) is 11.5 Å². The number of fused-ring (bicyclic) bond motifs is 1. The Bertz CT molecular complexity index is 1300. The number of imide groups is 1. The second kappa shape index (κ2) is 8.73. The van der Waals surface area contributed by atoms with E-state index in [0.29, 0.717) is 22.4 Å². The number of benzene rings is 3. The van der Waals surface area contributed by atoms with Crippen LogP contribution in [0.15, 0.2) is 60.7 Å². The van der Waals surface area contributed by atoms with Gasteiger partial charge in [0.05, 0.1) is 19.9 Å². The van der Waals surface area contributed by atoms with Crippen molar-refractivity contribution in [1.29, 1.82) is 0 Å². The van der Waals surface area contributed by atoms with Gasteiger partial charge in [0.25, 0.3) is 5.91 Å². The van der Waals surface area contributed by atoms with Gasteiger partial charge < -0.3 is 14.2 Å². The van der Waals surface area contributed by atoms with Gasteiger partial charge in [-0.05, 0) is 57.0 Å². The van der Waals surface area contributed by atoms with Gasteiger partial charge in [0, 0.05) is 5.56 Å². The molecule has 3 aromatic rings. The summed E-state index contributed by atoms with van der Waals surface area (Å²) < 4.78 is 31.5. The van der Waals surface area contributed by atoms with Crippen molar-refractivity contribution >= 4 is 17.7 Å². The molecule has 1 atom stereocenters. The summed E-state index contributed by atoms with van der Waals surface area (Å²) in [5.41, 5.74) is 0.343. The van der Waals surface area contributed by atoms with Crippen LogP contribution >= 0.6 is 0 Å². The minimum atomic E-state index is -1.53. The van der Waals surface area contributed by atoms with Crippen LogP contribution in [0.1, 0.15) is 43.0 Å². The van der Waals surface area contributed by atoms with Crippen molar-refractivity contribution in [3.8, 4) is 11.5 Å². The predicted octanol–water partition coefficient (Wildman–Crippen LogP) is 5.77. The Kier molecular flexibility index (Phi) is 6.05. The zero-order valence-electron chi connectivity index (χ0n) is 20.6. The summed E-state index contributed by atoms with van der Waals surface area (Å²) >= 11 is 0. The number of amides is 2. The molecule has 1 unspecified atom stereocenters. The van der Waals surface area contributed by atoms with Gasteiger partial charge in [0.2, 0.25) is 0 Å². The first kappa shape index (κ1) is 24.3. The van der Waals surface area contributed by atoms with E-state index in [9.17, 15) is 9.59 Å². The maximum atomic E-state index is 15.3. The van der Waals surface area contributed by atoms with Crippen LogP contribution in [-0.2, 0) is 14.9 Å². The quantitative estimate of drug-likeness (QED) is 0.478. The van der Waals surface area contributed by atoms with Gasteiger partial charge in [-0.1, -0.05) is 48.0 Å². The maximum absolute atomic E-state index is 15.3. The number of rotatable bonds is 4. The number of nitrogens with zero attached hydrogens (tertiary/aromatic N) is 1. The van der Waals surface area contributed by atoms with Crippen LogP contribution in [0.3, 0.4) is 0 Å². The van der Waals surface area contributed by atoms with Crippen LogP contribution in [0.4, 0.5) is 14.9 Å². The largest absolute Gasteiger partial charge is 0.493 e. The van der Waals surface area contributed by atoms with Crippen LogP contribution in [0, 0.1) is 12.7 Å². The highest BCUT2D eigenvalue weighted by Gasteiger charge is 2.56. The normalized spacial score (nSPS) is 17.2. The number of hydrogen-bond acceptors (Lipinski definition) is 5. The molecule has 0 radical (unpaired) electrons. The zero-order chi connectivity index (χ0) is 25.5. The number of ether oxygens (including phenoxy) is 3. The highest BCUT2D eigenvalue weighted by atomic mass is 19.1. The van der Waals surface area contributed by atoms with Gasteiger partial charge in [-0.3, -0.25) is 4.79 Å². The number of hydrogen-bond donors (Lipinski definition) is 0. The Labute approximate surface area is 204 Å². The van der Waals surface area contributed by atoms with Crippen LogP contribution < -0.4 is 14.4 Å². The first-order valence-electron chi connectivity index (χ1n) is 11.2. The minimum absolute atomic E-state index is 0.0710. The molecule has 0 N–H and O–H groups in total. The first-order chi connectivity index (χ1) is 16.5.